The van der Waals surface area contributed by atoms with Gasteiger partial charge >= 0.3 is 0 Å². The van der Waals surface area contributed by atoms with Crippen LogP contribution in [0, 0.1) is 0 Å². The zero-order chi connectivity index (χ0) is 11.4. The van der Waals surface area contributed by atoms with Crippen molar-refractivity contribution in [3.05, 3.63) is 22.8 Å². The Balaban J connectivity index is 2.89. The van der Waals surface area contributed by atoms with E-state index in [1.54, 1.807) is 6.07 Å². The molecule has 0 spiro atoms. The molecule has 0 aromatic carbocycles. The molecule has 0 aliphatic rings. The van der Waals surface area contributed by atoms with Crippen molar-refractivity contribution in [3.63, 3.8) is 0 Å². The molecule has 0 saturated carbocycles. The number of hydrogen-bond donors (Lipinski definition) is 2. The smallest absolute Gasteiger partial charge is 0.128 e. The Hall–Kier alpha value is -0.840. The van der Waals surface area contributed by atoms with Gasteiger partial charge in [-0.25, -0.2) is 4.98 Å². The summed E-state index contributed by atoms with van der Waals surface area (Å²) in [6.07, 6.45) is 1.39. The molecule has 0 fully saturated rings. The number of rotatable bonds is 4. The van der Waals surface area contributed by atoms with Gasteiger partial charge in [-0.05, 0) is 19.9 Å². The Kier molecular flexibility index (Phi) is 4.32. The van der Waals surface area contributed by atoms with Crippen LogP contribution in [0.2, 0.25) is 5.02 Å². The highest BCUT2D eigenvalue weighted by atomic mass is 35.5. The SMILES string of the molecule is CCOC(C)C(N)c1cc(Cl)cnc1N. The molecule has 2 unspecified atom stereocenters. The van der Waals surface area contributed by atoms with E-state index in [4.69, 9.17) is 27.8 Å². The van der Waals surface area contributed by atoms with Gasteiger partial charge in [0.15, 0.2) is 0 Å². The lowest BCUT2D eigenvalue weighted by atomic mass is 10.0. The lowest BCUT2D eigenvalue weighted by Gasteiger charge is -2.21. The van der Waals surface area contributed by atoms with E-state index in [9.17, 15) is 0 Å². The Labute approximate surface area is 94.6 Å². The van der Waals surface area contributed by atoms with E-state index in [-0.39, 0.29) is 12.1 Å². The summed E-state index contributed by atoms with van der Waals surface area (Å²) in [7, 11) is 0. The second kappa shape index (κ2) is 5.30. The molecule has 2 atom stereocenters. The van der Waals surface area contributed by atoms with Crippen molar-refractivity contribution in [1.29, 1.82) is 0 Å². The molecule has 4 nitrogen and oxygen atoms in total. The number of aromatic nitrogens is 1. The third-order valence-corrected chi connectivity index (χ3v) is 2.42. The highest BCUT2D eigenvalue weighted by molar-refractivity contribution is 6.30. The molecule has 0 amide bonds. The van der Waals surface area contributed by atoms with Crippen molar-refractivity contribution in [2.45, 2.75) is 26.0 Å². The topological polar surface area (TPSA) is 74.2 Å². The van der Waals surface area contributed by atoms with Crippen molar-refractivity contribution in [3.8, 4) is 0 Å². The van der Waals surface area contributed by atoms with Crippen LogP contribution in [0.1, 0.15) is 25.5 Å². The molecule has 1 heterocycles. The van der Waals surface area contributed by atoms with Crippen LogP contribution < -0.4 is 11.5 Å². The fourth-order valence-corrected chi connectivity index (χ4v) is 1.52. The summed E-state index contributed by atoms with van der Waals surface area (Å²) in [6, 6.07) is 1.42. The fraction of sp³-hybridized carbons (Fsp3) is 0.500. The number of nitrogens with two attached hydrogens (primary N) is 2. The standard InChI is InChI=1S/C10H16ClN3O/c1-3-15-6(2)9(12)8-4-7(11)5-14-10(8)13/h4-6,9H,3,12H2,1-2H3,(H2,13,14). The Morgan fingerprint density at radius 2 is 2.27 bits per heavy atom. The summed E-state index contributed by atoms with van der Waals surface area (Å²) in [5.41, 5.74) is 12.4. The van der Waals surface area contributed by atoms with E-state index in [0.717, 1.165) is 5.56 Å². The lowest BCUT2D eigenvalue weighted by molar-refractivity contribution is 0.0575. The van der Waals surface area contributed by atoms with Crippen LogP contribution >= 0.6 is 11.6 Å². The monoisotopic (exact) mass is 229 g/mol. The molecule has 1 aromatic rings. The van der Waals surface area contributed by atoms with Crippen molar-refractivity contribution in [1.82, 2.24) is 4.98 Å². The average molecular weight is 230 g/mol. The first-order chi connectivity index (χ1) is 7.06. The quantitative estimate of drug-likeness (QED) is 0.825. The van der Waals surface area contributed by atoms with Gasteiger partial charge < -0.3 is 16.2 Å². The van der Waals surface area contributed by atoms with Gasteiger partial charge in [-0.3, -0.25) is 0 Å². The van der Waals surface area contributed by atoms with Gasteiger partial charge in [0.1, 0.15) is 5.82 Å². The van der Waals surface area contributed by atoms with Crippen LogP contribution in [-0.2, 0) is 4.74 Å². The molecule has 84 valence electrons. The van der Waals surface area contributed by atoms with Crippen LogP contribution in [-0.4, -0.2) is 17.7 Å². The number of anilines is 1. The fourth-order valence-electron chi connectivity index (χ4n) is 1.35. The number of nitrogens with zero attached hydrogens (tertiary/aromatic N) is 1. The summed E-state index contributed by atoms with van der Waals surface area (Å²) < 4.78 is 5.40. The molecular weight excluding hydrogens is 214 g/mol. The predicted octanol–water partition coefficient (Wildman–Crippen LogP) is 1.74. The zero-order valence-corrected chi connectivity index (χ0v) is 9.66. The summed E-state index contributed by atoms with van der Waals surface area (Å²) in [5, 5.41) is 0.526. The molecule has 15 heavy (non-hydrogen) atoms. The number of pyridine rings is 1. The molecule has 0 radical (unpaired) electrons. The zero-order valence-electron chi connectivity index (χ0n) is 8.90. The third-order valence-electron chi connectivity index (χ3n) is 2.21. The molecule has 1 aromatic heterocycles. The summed E-state index contributed by atoms with van der Waals surface area (Å²) in [5.74, 6) is 0.401. The van der Waals surface area contributed by atoms with Crippen molar-refractivity contribution in [2.24, 2.45) is 5.73 Å². The predicted molar refractivity (Wildman–Crippen MR) is 61.7 cm³/mol. The van der Waals surface area contributed by atoms with E-state index in [1.165, 1.54) is 6.20 Å². The maximum Gasteiger partial charge on any atom is 0.128 e. The van der Waals surface area contributed by atoms with E-state index in [1.807, 2.05) is 13.8 Å². The first kappa shape index (κ1) is 12.2. The summed E-state index contributed by atoms with van der Waals surface area (Å²) >= 11 is 5.83. The first-order valence-electron chi connectivity index (χ1n) is 4.84. The maximum absolute atomic E-state index is 5.99. The van der Waals surface area contributed by atoms with Gasteiger partial charge in [-0.1, -0.05) is 11.6 Å². The van der Waals surface area contributed by atoms with E-state index >= 15 is 0 Å². The second-order valence-corrected chi connectivity index (χ2v) is 3.75. The molecule has 4 N–H and O–H groups in total. The highest BCUT2D eigenvalue weighted by Crippen LogP contribution is 2.23. The number of ether oxygens (including phenoxy) is 1. The number of halogens is 1. The van der Waals surface area contributed by atoms with Crippen LogP contribution in [0.25, 0.3) is 0 Å². The Morgan fingerprint density at radius 3 is 2.87 bits per heavy atom. The van der Waals surface area contributed by atoms with Crippen molar-refractivity contribution >= 4 is 17.4 Å². The molecule has 0 bridgehead atoms. The van der Waals surface area contributed by atoms with E-state index in [0.29, 0.717) is 17.4 Å². The number of nitrogen functional groups attached to an aromatic ring is 1. The minimum atomic E-state index is -0.309. The minimum Gasteiger partial charge on any atom is -0.383 e. The Bertz CT molecular complexity index is 332. The van der Waals surface area contributed by atoms with Crippen molar-refractivity contribution in [2.75, 3.05) is 12.3 Å². The Morgan fingerprint density at radius 1 is 1.60 bits per heavy atom. The van der Waals surface area contributed by atoms with Gasteiger partial charge in [-0.2, -0.15) is 0 Å². The summed E-state index contributed by atoms with van der Waals surface area (Å²) in [4.78, 5) is 3.95. The first-order valence-corrected chi connectivity index (χ1v) is 5.22. The molecule has 5 heteroatoms. The molecule has 0 aliphatic carbocycles. The van der Waals surface area contributed by atoms with Gasteiger partial charge in [0.25, 0.3) is 0 Å². The third kappa shape index (κ3) is 3.06. The minimum absolute atomic E-state index is 0.113. The van der Waals surface area contributed by atoms with Gasteiger partial charge in [0.2, 0.25) is 0 Å². The molecule has 0 saturated heterocycles. The summed E-state index contributed by atoms with van der Waals surface area (Å²) in [6.45, 7) is 4.43. The molecule has 0 aliphatic heterocycles. The second-order valence-electron chi connectivity index (χ2n) is 3.31. The lowest BCUT2D eigenvalue weighted by Crippen LogP contribution is -2.27. The van der Waals surface area contributed by atoms with Crippen LogP contribution in [0.4, 0.5) is 5.82 Å². The van der Waals surface area contributed by atoms with Crippen LogP contribution in [0.5, 0.6) is 0 Å². The normalized spacial score (nSPS) is 14.9. The van der Waals surface area contributed by atoms with Crippen molar-refractivity contribution < 1.29 is 4.74 Å². The van der Waals surface area contributed by atoms with Gasteiger partial charge in [0, 0.05) is 18.4 Å². The average Bonchev–Trinajstić information content (AvgIpc) is 2.21. The largest absolute Gasteiger partial charge is 0.383 e. The maximum atomic E-state index is 5.99. The number of hydrogen-bond acceptors (Lipinski definition) is 4. The van der Waals surface area contributed by atoms with Gasteiger partial charge in [-0.15, -0.1) is 0 Å². The van der Waals surface area contributed by atoms with Gasteiger partial charge in [0.05, 0.1) is 17.2 Å². The van der Waals surface area contributed by atoms with E-state index in [2.05, 4.69) is 4.98 Å². The molecule has 1 rings (SSSR count). The van der Waals surface area contributed by atoms with Crippen LogP contribution in [0.15, 0.2) is 12.3 Å². The van der Waals surface area contributed by atoms with E-state index < -0.39 is 0 Å². The molecular formula is C10H16ClN3O. The van der Waals surface area contributed by atoms with Crippen LogP contribution in [0.3, 0.4) is 0 Å². The highest BCUT2D eigenvalue weighted by Gasteiger charge is 2.18.